The van der Waals surface area contributed by atoms with E-state index in [9.17, 15) is 0 Å². The molecule has 4 nitrogen and oxygen atoms in total. The molecule has 8 aromatic rings. The van der Waals surface area contributed by atoms with Gasteiger partial charge in [-0.15, -0.1) is 17.0 Å². The molecule has 0 N–H and O–H groups in total. The van der Waals surface area contributed by atoms with Crippen LogP contribution in [0.4, 0.5) is 0 Å². The number of pyridine rings is 4. The molecular formula is C36H29BrFeN4. The van der Waals surface area contributed by atoms with Crippen LogP contribution in [0, 0.1) is 0 Å². The molecule has 6 heteroatoms. The van der Waals surface area contributed by atoms with Crippen molar-refractivity contribution < 1.29 is 17.1 Å². The van der Waals surface area contributed by atoms with Crippen molar-refractivity contribution >= 4 is 60.1 Å². The second-order valence-electron chi connectivity index (χ2n) is 8.89. The maximum absolute atomic E-state index is 4.01. The summed E-state index contributed by atoms with van der Waals surface area (Å²) in [7, 11) is 0. The number of rotatable bonds is 0. The molecule has 4 aromatic carbocycles. The Hall–Kier alpha value is -4.48. The van der Waals surface area contributed by atoms with Crippen LogP contribution in [-0.4, -0.2) is 19.9 Å². The normalized spacial score (nSPS) is 9.52. The van der Waals surface area contributed by atoms with Gasteiger partial charge in [0, 0.05) is 66.6 Å². The summed E-state index contributed by atoms with van der Waals surface area (Å²) < 4.78 is 0. The Morgan fingerprint density at radius 1 is 0.262 bits per heavy atom. The zero-order valence-corrected chi connectivity index (χ0v) is 25.5. The van der Waals surface area contributed by atoms with Gasteiger partial charge in [0.15, 0.2) is 0 Å². The maximum Gasteiger partial charge on any atom is 0.0346 e. The number of fused-ring (bicyclic) bond motifs is 4. The fraction of sp³-hybridized carbons (Fsp3) is 0. The first-order valence-corrected chi connectivity index (χ1v) is 13.0. The first kappa shape index (κ1) is 32.0. The van der Waals surface area contributed by atoms with Crippen molar-refractivity contribution in [2.45, 2.75) is 0 Å². The molecule has 8 rings (SSSR count). The van der Waals surface area contributed by atoms with Gasteiger partial charge < -0.3 is 0 Å². The van der Waals surface area contributed by atoms with Gasteiger partial charge in [0.25, 0.3) is 0 Å². The van der Waals surface area contributed by atoms with Crippen molar-refractivity contribution in [3.8, 4) is 0 Å². The van der Waals surface area contributed by atoms with E-state index in [4.69, 9.17) is 0 Å². The van der Waals surface area contributed by atoms with Crippen LogP contribution >= 0.6 is 17.0 Å². The Morgan fingerprint density at radius 2 is 0.452 bits per heavy atom. The van der Waals surface area contributed by atoms with Crippen molar-refractivity contribution in [1.29, 1.82) is 0 Å². The monoisotopic (exact) mass is 652 g/mol. The first-order chi connectivity index (χ1) is 19.9. The fourth-order valence-corrected chi connectivity index (χ4v) is 4.11. The van der Waals surface area contributed by atoms with Crippen molar-refractivity contribution in [3.63, 3.8) is 0 Å². The number of halogens is 1. The van der Waals surface area contributed by atoms with Crippen molar-refractivity contribution in [1.82, 2.24) is 19.9 Å². The number of hydrogen-bond acceptors (Lipinski definition) is 4. The molecular weight excluding hydrogens is 624 g/mol. The zero-order chi connectivity index (χ0) is 27.2. The first-order valence-electron chi connectivity index (χ1n) is 13.0. The maximum atomic E-state index is 4.01. The summed E-state index contributed by atoms with van der Waals surface area (Å²) in [6, 6.07) is 40.8. The Balaban J connectivity index is 0.000000151. The van der Waals surface area contributed by atoms with Crippen molar-refractivity contribution in [3.05, 3.63) is 171 Å². The third-order valence-corrected chi connectivity index (χ3v) is 6.20. The molecule has 0 aliphatic rings. The summed E-state index contributed by atoms with van der Waals surface area (Å²) in [6.45, 7) is 0. The molecule has 0 saturated carbocycles. The van der Waals surface area contributed by atoms with Crippen LogP contribution in [0.2, 0.25) is 0 Å². The van der Waals surface area contributed by atoms with E-state index in [2.05, 4.69) is 68.5 Å². The zero-order valence-electron chi connectivity index (χ0n) is 22.7. The van der Waals surface area contributed by atoms with Crippen LogP contribution in [0.1, 0.15) is 0 Å². The summed E-state index contributed by atoms with van der Waals surface area (Å²) >= 11 is 0. The number of nitrogens with zero attached hydrogens (tertiary/aromatic N) is 4. The molecule has 0 amide bonds. The van der Waals surface area contributed by atoms with Gasteiger partial charge in [0.2, 0.25) is 0 Å². The molecule has 0 bridgehead atoms. The van der Waals surface area contributed by atoms with Gasteiger partial charge in [-0.1, -0.05) is 97.1 Å². The predicted molar refractivity (Wildman–Crippen MR) is 177 cm³/mol. The molecule has 0 aliphatic heterocycles. The van der Waals surface area contributed by atoms with Gasteiger partial charge in [-0.2, -0.15) is 0 Å². The SMILES string of the molecule is Br.[Fe].c1ccc2cnccc2c1.c1ccc2cnccc2c1.c1ccc2cnccc2c1.c1ccc2cnccc2c1. The summed E-state index contributed by atoms with van der Waals surface area (Å²) in [4.78, 5) is 16.1. The van der Waals surface area contributed by atoms with E-state index < -0.39 is 0 Å². The molecule has 0 unspecified atom stereocenters. The van der Waals surface area contributed by atoms with E-state index in [1.54, 1.807) is 0 Å². The Bertz CT molecular complexity index is 1400. The predicted octanol–water partition coefficient (Wildman–Crippen LogP) is 9.51. The van der Waals surface area contributed by atoms with E-state index in [-0.39, 0.29) is 34.1 Å². The van der Waals surface area contributed by atoms with E-state index in [0.29, 0.717) is 0 Å². The standard InChI is InChI=1S/4C9H7N.BrH.Fe/c4*1-2-4-9-7-10-6-5-8(9)3-1;;/h4*1-7H;1H;. The average Bonchev–Trinajstić information content (AvgIpc) is 3.06. The minimum absolute atomic E-state index is 0. The van der Waals surface area contributed by atoms with Crippen LogP contribution < -0.4 is 0 Å². The molecule has 0 radical (unpaired) electrons. The Morgan fingerprint density at radius 3 is 0.643 bits per heavy atom. The van der Waals surface area contributed by atoms with Gasteiger partial charge in [0.05, 0.1) is 0 Å². The quantitative estimate of drug-likeness (QED) is 0.153. The molecule has 0 saturated heterocycles. The summed E-state index contributed by atoms with van der Waals surface area (Å²) in [5, 5.41) is 9.79. The number of aromatic nitrogens is 4. The molecule has 0 aliphatic carbocycles. The van der Waals surface area contributed by atoms with Crippen LogP contribution in [0.15, 0.2) is 171 Å². The van der Waals surface area contributed by atoms with Gasteiger partial charge in [-0.05, 0) is 67.4 Å². The van der Waals surface area contributed by atoms with Crippen LogP contribution in [-0.2, 0) is 17.1 Å². The molecule has 42 heavy (non-hydrogen) atoms. The van der Waals surface area contributed by atoms with Gasteiger partial charge in [-0.3, -0.25) is 19.9 Å². The van der Waals surface area contributed by atoms with Crippen LogP contribution in [0.5, 0.6) is 0 Å². The van der Waals surface area contributed by atoms with Crippen LogP contribution in [0.25, 0.3) is 43.1 Å². The molecule has 0 fully saturated rings. The molecule has 0 spiro atoms. The third-order valence-electron chi connectivity index (χ3n) is 6.20. The Kier molecular flexibility index (Phi) is 13.2. The van der Waals surface area contributed by atoms with Gasteiger partial charge in [-0.25, -0.2) is 0 Å². The average molecular weight is 653 g/mol. The molecule has 4 aromatic heterocycles. The third kappa shape index (κ3) is 9.28. The summed E-state index contributed by atoms with van der Waals surface area (Å²) in [6.07, 6.45) is 14.7. The van der Waals surface area contributed by atoms with Gasteiger partial charge >= 0.3 is 0 Å². The topological polar surface area (TPSA) is 51.6 Å². The molecule has 4 heterocycles. The smallest absolute Gasteiger partial charge is 0.0346 e. The minimum Gasteiger partial charge on any atom is -0.264 e. The second-order valence-corrected chi connectivity index (χ2v) is 8.89. The van der Waals surface area contributed by atoms with E-state index in [1.807, 2.05) is 122 Å². The van der Waals surface area contributed by atoms with E-state index in [1.165, 1.54) is 43.1 Å². The van der Waals surface area contributed by atoms with Gasteiger partial charge in [0.1, 0.15) is 0 Å². The molecule has 0 atom stereocenters. The summed E-state index contributed by atoms with van der Waals surface area (Å²) in [5.41, 5.74) is 0. The van der Waals surface area contributed by atoms with Crippen molar-refractivity contribution in [2.75, 3.05) is 0 Å². The molecule has 208 valence electrons. The van der Waals surface area contributed by atoms with Crippen molar-refractivity contribution in [2.24, 2.45) is 0 Å². The van der Waals surface area contributed by atoms with Crippen LogP contribution in [0.3, 0.4) is 0 Å². The Labute approximate surface area is 266 Å². The number of hydrogen-bond donors (Lipinski definition) is 0. The second kappa shape index (κ2) is 17.4. The van der Waals surface area contributed by atoms with E-state index >= 15 is 0 Å². The fourth-order valence-electron chi connectivity index (χ4n) is 4.11. The number of benzene rings is 4. The van der Waals surface area contributed by atoms with E-state index in [0.717, 1.165) is 0 Å². The minimum atomic E-state index is 0. The largest absolute Gasteiger partial charge is 0.264 e. The summed E-state index contributed by atoms with van der Waals surface area (Å²) in [5.74, 6) is 0.